The van der Waals surface area contributed by atoms with Gasteiger partial charge in [0.05, 0.1) is 18.8 Å². The van der Waals surface area contributed by atoms with Gasteiger partial charge in [-0.1, -0.05) is 0 Å². The van der Waals surface area contributed by atoms with Crippen LogP contribution in [0.2, 0.25) is 0 Å². The van der Waals surface area contributed by atoms with Crippen LogP contribution in [0, 0.1) is 0 Å². The number of rotatable bonds is 5. The van der Waals surface area contributed by atoms with E-state index in [4.69, 9.17) is 9.84 Å². The minimum Gasteiger partial charge on any atom is -0.395 e. The zero-order valence-electron chi connectivity index (χ0n) is 10.9. The molecule has 0 atom stereocenters. The molecule has 0 bridgehead atoms. The minimum absolute atomic E-state index is 0.0291. The van der Waals surface area contributed by atoms with Crippen molar-refractivity contribution in [2.75, 3.05) is 52.5 Å². The van der Waals surface area contributed by atoms with Gasteiger partial charge in [0.15, 0.2) is 0 Å². The highest BCUT2D eigenvalue weighted by molar-refractivity contribution is 4.71. The normalized spacial score (nSPS) is 20.2. The Kier molecular flexibility index (Phi) is 5.69. The molecule has 1 saturated heterocycles. The third-order valence-corrected chi connectivity index (χ3v) is 2.82. The van der Waals surface area contributed by atoms with Gasteiger partial charge >= 0.3 is 0 Å². The van der Waals surface area contributed by atoms with Crippen molar-refractivity contribution >= 4 is 0 Å². The first-order valence-corrected chi connectivity index (χ1v) is 6.21. The Balaban J connectivity index is 2.08. The molecule has 1 heterocycles. The van der Waals surface area contributed by atoms with Crippen molar-refractivity contribution < 1.29 is 9.84 Å². The van der Waals surface area contributed by atoms with Crippen molar-refractivity contribution in [3.05, 3.63) is 0 Å². The Morgan fingerprint density at radius 3 is 1.94 bits per heavy atom. The lowest BCUT2D eigenvalue weighted by atomic mass is 10.2. The van der Waals surface area contributed by atoms with Crippen LogP contribution in [0.4, 0.5) is 0 Å². The number of hydrogen-bond acceptors (Lipinski definition) is 4. The molecule has 0 amide bonds. The van der Waals surface area contributed by atoms with Crippen LogP contribution in [0.5, 0.6) is 0 Å². The Labute approximate surface area is 99.2 Å². The molecular formula is C12H26N2O2. The van der Waals surface area contributed by atoms with E-state index in [1.54, 1.807) is 0 Å². The van der Waals surface area contributed by atoms with E-state index in [1.807, 2.05) is 0 Å². The Hall–Kier alpha value is -0.160. The number of nitrogens with zero attached hydrogens (tertiary/aromatic N) is 2. The van der Waals surface area contributed by atoms with E-state index in [2.05, 4.69) is 30.6 Å². The summed E-state index contributed by atoms with van der Waals surface area (Å²) in [5.41, 5.74) is -0.0291. The SMILES string of the molecule is CC(C)(C)OCCN1CCN(CCO)CC1. The smallest absolute Gasteiger partial charge is 0.0600 e. The quantitative estimate of drug-likeness (QED) is 0.742. The molecule has 0 spiro atoms. The third-order valence-electron chi connectivity index (χ3n) is 2.82. The summed E-state index contributed by atoms with van der Waals surface area (Å²) < 4.78 is 5.71. The second-order valence-electron chi connectivity index (χ2n) is 5.37. The molecule has 1 aliphatic rings. The number of hydrogen-bond donors (Lipinski definition) is 1. The molecule has 0 aromatic rings. The molecule has 0 aromatic heterocycles. The molecule has 1 aliphatic heterocycles. The molecule has 1 rings (SSSR count). The number of aliphatic hydroxyl groups is 1. The average Bonchev–Trinajstić information content (AvgIpc) is 2.19. The van der Waals surface area contributed by atoms with Gasteiger partial charge in [0.25, 0.3) is 0 Å². The summed E-state index contributed by atoms with van der Waals surface area (Å²) in [6.45, 7) is 13.5. The molecule has 0 aromatic carbocycles. The lowest BCUT2D eigenvalue weighted by Crippen LogP contribution is -2.48. The minimum atomic E-state index is -0.0291. The summed E-state index contributed by atoms with van der Waals surface area (Å²) in [4.78, 5) is 4.74. The monoisotopic (exact) mass is 230 g/mol. The standard InChI is InChI=1S/C12H26N2O2/c1-12(2,3)16-11-9-14-6-4-13(5-7-14)8-10-15/h15H,4-11H2,1-3H3. The van der Waals surface area contributed by atoms with Gasteiger partial charge in [-0.25, -0.2) is 0 Å². The number of piperazine rings is 1. The van der Waals surface area contributed by atoms with Crippen LogP contribution in [0.3, 0.4) is 0 Å². The largest absolute Gasteiger partial charge is 0.395 e. The molecule has 0 aliphatic carbocycles. The van der Waals surface area contributed by atoms with E-state index < -0.39 is 0 Å². The zero-order valence-corrected chi connectivity index (χ0v) is 10.9. The third kappa shape index (κ3) is 5.80. The van der Waals surface area contributed by atoms with Crippen LogP contribution < -0.4 is 0 Å². The van der Waals surface area contributed by atoms with E-state index >= 15 is 0 Å². The summed E-state index contributed by atoms with van der Waals surface area (Å²) in [5, 5.41) is 8.84. The zero-order chi connectivity index (χ0) is 12.0. The molecule has 4 heteroatoms. The highest BCUT2D eigenvalue weighted by atomic mass is 16.5. The first-order valence-electron chi connectivity index (χ1n) is 6.21. The number of aliphatic hydroxyl groups excluding tert-OH is 1. The Morgan fingerprint density at radius 2 is 1.50 bits per heavy atom. The molecular weight excluding hydrogens is 204 g/mol. The van der Waals surface area contributed by atoms with Crippen molar-refractivity contribution in [1.82, 2.24) is 9.80 Å². The molecule has 1 N–H and O–H groups in total. The molecule has 4 nitrogen and oxygen atoms in total. The van der Waals surface area contributed by atoms with E-state index in [-0.39, 0.29) is 12.2 Å². The molecule has 0 unspecified atom stereocenters. The van der Waals surface area contributed by atoms with Gasteiger partial charge in [0, 0.05) is 39.3 Å². The Bertz CT molecular complexity index is 184. The van der Waals surface area contributed by atoms with Gasteiger partial charge in [-0.2, -0.15) is 0 Å². The molecule has 0 radical (unpaired) electrons. The molecule has 16 heavy (non-hydrogen) atoms. The fourth-order valence-electron chi connectivity index (χ4n) is 1.86. The van der Waals surface area contributed by atoms with Crippen LogP contribution in [0.25, 0.3) is 0 Å². The lowest BCUT2D eigenvalue weighted by Gasteiger charge is -2.34. The fourth-order valence-corrected chi connectivity index (χ4v) is 1.86. The van der Waals surface area contributed by atoms with Crippen molar-refractivity contribution in [3.8, 4) is 0 Å². The van der Waals surface area contributed by atoms with E-state index in [0.717, 1.165) is 45.9 Å². The van der Waals surface area contributed by atoms with Crippen LogP contribution in [-0.2, 0) is 4.74 Å². The van der Waals surface area contributed by atoms with E-state index in [1.165, 1.54) is 0 Å². The summed E-state index contributed by atoms with van der Waals surface area (Å²) in [6.07, 6.45) is 0. The maximum absolute atomic E-state index is 8.84. The number of β-amino-alcohol motifs (C(OH)–C–C–N with tert-alkyl or cyclic N) is 1. The second-order valence-corrected chi connectivity index (χ2v) is 5.37. The summed E-state index contributed by atoms with van der Waals surface area (Å²) >= 11 is 0. The first kappa shape index (κ1) is 13.9. The summed E-state index contributed by atoms with van der Waals surface area (Å²) in [7, 11) is 0. The van der Waals surface area contributed by atoms with Crippen LogP contribution >= 0.6 is 0 Å². The van der Waals surface area contributed by atoms with Gasteiger partial charge in [-0.3, -0.25) is 9.80 Å². The predicted molar refractivity (Wildman–Crippen MR) is 65.7 cm³/mol. The topological polar surface area (TPSA) is 35.9 Å². The van der Waals surface area contributed by atoms with Gasteiger partial charge in [0.2, 0.25) is 0 Å². The molecule has 0 saturated carbocycles. The van der Waals surface area contributed by atoms with E-state index in [0.29, 0.717) is 0 Å². The van der Waals surface area contributed by atoms with Crippen LogP contribution in [0.15, 0.2) is 0 Å². The fraction of sp³-hybridized carbons (Fsp3) is 1.00. The lowest BCUT2D eigenvalue weighted by molar-refractivity contribution is -0.0182. The number of ether oxygens (including phenoxy) is 1. The summed E-state index contributed by atoms with van der Waals surface area (Å²) in [5.74, 6) is 0. The van der Waals surface area contributed by atoms with Crippen molar-refractivity contribution in [1.29, 1.82) is 0 Å². The molecule has 96 valence electrons. The van der Waals surface area contributed by atoms with E-state index in [9.17, 15) is 0 Å². The van der Waals surface area contributed by atoms with Gasteiger partial charge in [-0.05, 0) is 20.8 Å². The first-order chi connectivity index (χ1) is 7.51. The Morgan fingerprint density at radius 1 is 1.00 bits per heavy atom. The van der Waals surface area contributed by atoms with Gasteiger partial charge in [-0.15, -0.1) is 0 Å². The predicted octanol–water partition coefficient (Wildman–Crippen LogP) is 0.411. The van der Waals surface area contributed by atoms with Crippen LogP contribution in [-0.4, -0.2) is 73.0 Å². The second kappa shape index (κ2) is 6.55. The van der Waals surface area contributed by atoms with Gasteiger partial charge < -0.3 is 9.84 Å². The maximum atomic E-state index is 8.84. The average molecular weight is 230 g/mol. The summed E-state index contributed by atoms with van der Waals surface area (Å²) in [6, 6.07) is 0. The highest BCUT2D eigenvalue weighted by Crippen LogP contribution is 2.07. The van der Waals surface area contributed by atoms with Crippen molar-refractivity contribution in [2.24, 2.45) is 0 Å². The van der Waals surface area contributed by atoms with Crippen molar-refractivity contribution in [2.45, 2.75) is 26.4 Å². The van der Waals surface area contributed by atoms with Crippen molar-refractivity contribution in [3.63, 3.8) is 0 Å². The highest BCUT2D eigenvalue weighted by Gasteiger charge is 2.17. The van der Waals surface area contributed by atoms with Gasteiger partial charge in [0.1, 0.15) is 0 Å². The van der Waals surface area contributed by atoms with Crippen LogP contribution in [0.1, 0.15) is 20.8 Å². The maximum Gasteiger partial charge on any atom is 0.0600 e. The molecule has 1 fully saturated rings.